The number of allylic oxidation sites excluding steroid dienone is 6. The minimum absolute atomic E-state index is 0.0166. The Hall–Kier alpha value is -7.68. The average Bonchev–Trinajstić information content (AvgIpc) is 0.786. The SMILES string of the molecule is C=CCCC(O)COc1c2cc(C)cc1Cc1cc(C)cc(c1OCC(O)CCC=C)Cc1cc(C)cc(c1OCC(O)CCC=C)Cc1cc(C)cc(c1OCC(O)CCC=C)Cc1cc(C)cc(c1OCC(O)CCC=C)Cc1cc(C)cc(c1OCC(O)CCC=C)C2. The molecule has 96 heavy (non-hydrogen) atoms. The molecule has 1 aliphatic carbocycles. The van der Waals surface area contributed by atoms with E-state index in [9.17, 15) is 30.6 Å². The molecule has 516 valence electrons. The number of aryl methyl sites for hydroxylation is 6. The molecule has 6 atom stereocenters. The van der Waals surface area contributed by atoms with Gasteiger partial charge >= 0.3 is 0 Å². The lowest BCUT2D eigenvalue weighted by Gasteiger charge is -2.25. The van der Waals surface area contributed by atoms with Crippen molar-refractivity contribution in [3.8, 4) is 34.5 Å². The molecule has 0 saturated heterocycles. The van der Waals surface area contributed by atoms with Crippen molar-refractivity contribution in [3.63, 3.8) is 0 Å². The van der Waals surface area contributed by atoms with E-state index in [0.717, 1.165) is 100 Å². The maximum Gasteiger partial charge on any atom is 0.126 e. The molecule has 12 nitrogen and oxygen atoms in total. The summed E-state index contributed by atoms with van der Waals surface area (Å²) in [4.78, 5) is 0. The van der Waals surface area contributed by atoms with E-state index >= 15 is 0 Å². The Morgan fingerprint density at radius 3 is 0.469 bits per heavy atom. The molecule has 0 aliphatic heterocycles. The molecule has 6 unspecified atom stereocenters. The highest BCUT2D eigenvalue weighted by molar-refractivity contribution is 5.60. The summed E-state index contributed by atoms with van der Waals surface area (Å²) >= 11 is 0. The molecule has 1 aliphatic rings. The van der Waals surface area contributed by atoms with Gasteiger partial charge in [-0.15, -0.1) is 39.5 Å². The van der Waals surface area contributed by atoms with Gasteiger partial charge in [-0.2, -0.15) is 0 Å². The van der Waals surface area contributed by atoms with E-state index < -0.39 is 36.6 Å². The van der Waals surface area contributed by atoms with Crippen molar-refractivity contribution in [3.05, 3.63) is 249 Å². The third kappa shape index (κ3) is 22.7. The van der Waals surface area contributed by atoms with Crippen molar-refractivity contribution < 1.29 is 59.1 Å². The average molecular weight is 1310 g/mol. The number of fused-ring (bicyclic) bond motifs is 12. The number of rotatable bonds is 36. The fourth-order valence-corrected chi connectivity index (χ4v) is 12.9. The molecule has 12 heteroatoms. The van der Waals surface area contributed by atoms with E-state index in [1.807, 2.05) is 0 Å². The first kappa shape index (κ1) is 75.7. The number of benzene rings is 6. The number of aliphatic hydroxyl groups excluding tert-OH is 6. The Labute approximate surface area is 573 Å². The van der Waals surface area contributed by atoms with Crippen LogP contribution in [0.1, 0.15) is 177 Å². The minimum Gasteiger partial charge on any atom is -0.490 e. The molecule has 0 saturated carbocycles. The third-order valence-electron chi connectivity index (χ3n) is 17.4. The van der Waals surface area contributed by atoms with E-state index in [1.165, 1.54) is 0 Å². The second-order valence-corrected chi connectivity index (χ2v) is 26.5. The van der Waals surface area contributed by atoms with E-state index in [0.29, 0.717) is 150 Å². The van der Waals surface area contributed by atoms with Crippen LogP contribution in [-0.2, 0) is 38.5 Å². The molecule has 0 aromatic heterocycles. The molecule has 0 amide bonds. The van der Waals surface area contributed by atoms with Crippen LogP contribution in [0.2, 0.25) is 0 Å². The second kappa shape index (κ2) is 38.3. The largest absolute Gasteiger partial charge is 0.490 e. The van der Waals surface area contributed by atoms with Gasteiger partial charge in [-0.25, -0.2) is 0 Å². The Morgan fingerprint density at radius 1 is 0.250 bits per heavy atom. The summed E-state index contributed by atoms with van der Waals surface area (Å²) in [5.74, 6) is 3.69. The Balaban J connectivity index is 1.59. The first-order valence-electron chi connectivity index (χ1n) is 34.5. The zero-order valence-electron chi connectivity index (χ0n) is 58.2. The maximum absolute atomic E-state index is 11.5. The van der Waals surface area contributed by atoms with Gasteiger partial charge in [-0.05, 0) is 185 Å². The summed E-state index contributed by atoms with van der Waals surface area (Å²) in [5, 5.41) is 69.1. The lowest BCUT2D eigenvalue weighted by Crippen LogP contribution is -2.20. The van der Waals surface area contributed by atoms with Gasteiger partial charge in [-0.1, -0.05) is 143 Å². The Bertz CT molecular complexity index is 2840. The molecule has 6 aromatic carbocycles. The number of ether oxygens (including phenoxy) is 6. The van der Waals surface area contributed by atoms with Gasteiger partial charge < -0.3 is 59.1 Å². The maximum atomic E-state index is 11.5. The first-order valence-corrected chi connectivity index (χ1v) is 34.5. The van der Waals surface area contributed by atoms with E-state index in [1.54, 1.807) is 36.5 Å². The normalized spacial score (nSPS) is 14.1. The summed E-state index contributed by atoms with van der Waals surface area (Å²) < 4.78 is 41.8. The molecule has 6 N–H and O–H groups in total. The van der Waals surface area contributed by atoms with E-state index in [-0.39, 0.29) is 39.6 Å². The van der Waals surface area contributed by atoms with Crippen LogP contribution in [0.3, 0.4) is 0 Å². The lowest BCUT2D eigenvalue weighted by atomic mass is 9.88. The van der Waals surface area contributed by atoms with Crippen molar-refractivity contribution in [2.75, 3.05) is 39.6 Å². The number of hydrogen-bond donors (Lipinski definition) is 6. The molecule has 0 radical (unpaired) electrons. The lowest BCUT2D eigenvalue weighted by molar-refractivity contribution is 0.0991. The van der Waals surface area contributed by atoms with Gasteiger partial charge in [0.25, 0.3) is 0 Å². The van der Waals surface area contributed by atoms with Gasteiger partial charge in [-0.3, -0.25) is 0 Å². The molecule has 7 rings (SSSR count). The van der Waals surface area contributed by atoms with E-state index in [4.69, 9.17) is 28.4 Å². The number of hydrogen-bond acceptors (Lipinski definition) is 12. The van der Waals surface area contributed by atoms with Gasteiger partial charge in [0.2, 0.25) is 0 Å². The van der Waals surface area contributed by atoms with Crippen molar-refractivity contribution in [1.29, 1.82) is 0 Å². The Morgan fingerprint density at radius 2 is 0.365 bits per heavy atom. The van der Waals surface area contributed by atoms with Crippen molar-refractivity contribution in [1.82, 2.24) is 0 Å². The summed E-state index contributed by atoms with van der Waals surface area (Å²) in [6.07, 6.45) is 14.5. The smallest absolute Gasteiger partial charge is 0.126 e. The highest BCUT2D eigenvalue weighted by atomic mass is 16.5. The minimum atomic E-state index is -0.794. The van der Waals surface area contributed by atoms with Crippen LogP contribution in [-0.4, -0.2) is 107 Å². The molecule has 6 aromatic rings. The zero-order valence-corrected chi connectivity index (χ0v) is 58.2. The quantitative estimate of drug-likeness (QED) is 0.0205. The standard InChI is InChI=1S/C84H108O12/c1-13-19-25-73(85)49-91-79-61-31-55(7)32-62(79)44-64-34-57(9)36-66(81(64)93-51-75(87)27-21-15-3)46-68-38-59(11)40-70(83(68)95-53-77(89)29-23-17-5)48-72-42-60(12)41-71(84(72)96-54-78(90)30-24-18-6)47-69-39-58(10)37-67(82(69)94-52-76(88)28-22-16-4)45-65-35-56(8)33-63(43-61)80(65)92-50-74(86)26-20-14-2/h13-18,31-42,73-78,85-90H,1-6,19-30,43-54H2,7-12H3. The predicted molar refractivity (Wildman–Crippen MR) is 390 cm³/mol. The topological polar surface area (TPSA) is 177 Å². The molecule has 12 bridgehead atoms. The highest BCUT2D eigenvalue weighted by Crippen LogP contribution is 2.43. The number of aliphatic hydroxyl groups is 6. The van der Waals surface area contributed by atoms with Crippen LogP contribution in [0.4, 0.5) is 0 Å². The summed E-state index contributed by atoms with van der Waals surface area (Å²) in [6.45, 7) is 36.0. The Kier molecular flexibility index (Phi) is 30.2. The van der Waals surface area contributed by atoms with E-state index in [2.05, 4.69) is 154 Å². The summed E-state index contributed by atoms with van der Waals surface area (Å²) in [7, 11) is 0. The summed E-state index contributed by atoms with van der Waals surface area (Å²) in [6, 6.07) is 25.6. The van der Waals surface area contributed by atoms with Crippen LogP contribution in [0, 0.1) is 41.5 Å². The van der Waals surface area contributed by atoms with Crippen LogP contribution < -0.4 is 28.4 Å². The fraction of sp³-hybridized carbons (Fsp3) is 0.429. The van der Waals surface area contributed by atoms with Gasteiger partial charge in [0.15, 0.2) is 0 Å². The van der Waals surface area contributed by atoms with Gasteiger partial charge in [0.1, 0.15) is 74.1 Å². The van der Waals surface area contributed by atoms with Crippen molar-refractivity contribution in [2.24, 2.45) is 0 Å². The highest BCUT2D eigenvalue weighted by Gasteiger charge is 2.27. The van der Waals surface area contributed by atoms with Crippen molar-refractivity contribution in [2.45, 2.75) is 194 Å². The molecule has 0 heterocycles. The molecule has 0 fully saturated rings. The van der Waals surface area contributed by atoms with Crippen LogP contribution in [0.25, 0.3) is 0 Å². The monoisotopic (exact) mass is 1310 g/mol. The van der Waals surface area contributed by atoms with Crippen LogP contribution in [0.15, 0.2) is 149 Å². The molecular weight excluding hydrogens is 1200 g/mol. The van der Waals surface area contributed by atoms with Crippen LogP contribution in [0.5, 0.6) is 34.5 Å². The van der Waals surface area contributed by atoms with Crippen molar-refractivity contribution >= 4 is 0 Å². The third-order valence-corrected chi connectivity index (χ3v) is 17.4. The first-order chi connectivity index (χ1) is 46.2. The van der Waals surface area contributed by atoms with Gasteiger partial charge in [0.05, 0.1) is 36.6 Å². The predicted octanol–water partition coefficient (Wildman–Crippen LogP) is 15.6. The molecular formula is C84H108O12. The molecule has 0 spiro atoms. The van der Waals surface area contributed by atoms with Crippen LogP contribution >= 0.6 is 0 Å². The second-order valence-electron chi connectivity index (χ2n) is 26.5. The fourth-order valence-electron chi connectivity index (χ4n) is 12.9. The zero-order chi connectivity index (χ0) is 69.3. The summed E-state index contributed by atoms with van der Waals surface area (Å²) in [5.41, 5.74) is 16.3. The van der Waals surface area contributed by atoms with Gasteiger partial charge in [0, 0.05) is 38.5 Å².